The van der Waals surface area contributed by atoms with E-state index in [1.807, 2.05) is 6.92 Å². The maximum Gasteiger partial charge on any atom is 0.360 e. The van der Waals surface area contributed by atoms with Gasteiger partial charge in [0.15, 0.2) is 0 Å². The molecule has 2 aliphatic rings. The number of carbonyl (C=O) groups excluding carboxylic acids is 1. The van der Waals surface area contributed by atoms with Gasteiger partial charge in [0.05, 0.1) is 42.1 Å². The van der Waals surface area contributed by atoms with Crippen molar-refractivity contribution in [2.24, 2.45) is 0 Å². The third-order valence-electron chi connectivity index (χ3n) is 5.13. The van der Waals surface area contributed by atoms with Crippen LogP contribution in [0.5, 0.6) is 0 Å². The lowest BCUT2D eigenvalue weighted by Crippen LogP contribution is -2.33. The molecule has 31 heavy (non-hydrogen) atoms. The Balaban J connectivity index is 2.17. The van der Waals surface area contributed by atoms with Gasteiger partial charge in [0, 0.05) is 29.6 Å². The van der Waals surface area contributed by atoms with Crippen molar-refractivity contribution in [1.29, 1.82) is 0 Å². The van der Waals surface area contributed by atoms with Crippen LogP contribution in [0.25, 0.3) is 0 Å². The van der Waals surface area contributed by atoms with Gasteiger partial charge in [-0.15, -0.1) is 0 Å². The Hall–Kier alpha value is -2.52. The first-order valence-electron chi connectivity index (χ1n) is 9.75. The van der Waals surface area contributed by atoms with Crippen LogP contribution < -0.4 is 5.32 Å². The number of benzene rings is 1. The number of para-hydroxylation sites is 1. The number of carbonyl (C=O) groups is 1. The van der Waals surface area contributed by atoms with Crippen LogP contribution in [0.2, 0.25) is 0 Å². The van der Waals surface area contributed by atoms with Crippen LogP contribution in [0.4, 0.5) is 5.69 Å². The van der Waals surface area contributed by atoms with Gasteiger partial charge in [0.2, 0.25) is 0 Å². The molecule has 0 radical (unpaired) electrons. The molecule has 2 aliphatic heterocycles. The molecule has 0 saturated carbocycles. The molecule has 11 heteroatoms. The van der Waals surface area contributed by atoms with Crippen LogP contribution in [0.15, 0.2) is 46.5 Å². The van der Waals surface area contributed by atoms with Gasteiger partial charge < -0.3 is 23.8 Å². The van der Waals surface area contributed by atoms with E-state index >= 15 is 0 Å². The highest BCUT2D eigenvalue weighted by Gasteiger charge is 2.48. The Kier molecular flexibility index (Phi) is 6.96. The summed E-state index contributed by atoms with van der Waals surface area (Å²) in [4.78, 5) is 23.9. The number of allylic oxidation sites excluding steroid dienone is 3. The fourth-order valence-electron chi connectivity index (χ4n) is 3.85. The topological polar surface area (TPSA) is 126 Å². The highest BCUT2D eigenvalue weighted by molar-refractivity contribution is 7.58. The fourth-order valence-corrected chi connectivity index (χ4v) is 5.98. The maximum absolute atomic E-state index is 13.8. The molecular weight excluding hydrogens is 427 g/mol. The molecule has 1 atom stereocenters. The number of dihydropyridines is 1. The first-order valence-corrected chi connectivity index (χ1v) is 11.3. The van der Waals surface area contributed by atoms with E-state index in [0.717, 1.165) is 0 Å². The largest absolute Gasteiger partial charge is 0.466 e. The monoisotopic (exact) mass is 452 g/mol. The van der Waals surface area contributed by atoms with Gasteiger partial charge in [0.1, 0.15) is 6.10 Å². The van der Waals surface area contributed by atoms with Crippen LogP contribution in [0.3, 0.4) is 0 Å². The fraction of sp³-hybridized carbons (Fsp3) is 0.450. The molecule has 1 aromatic carbocycles. The molecule has 0 aromatic heterocycles. The molecular formula is C20H25N2O8P. The van der Waals surface area contributed by atoms with Crippen LogP contribution in [-0.4, -0.2) is 43.9 Å². The van der Waals surface area contributed by atoms with Gasteiger partial charge in [-0.25, -0.2) is 4.79 Å². The number of nitrogens with one attached hydrogen (secondary N) is 1. The number of esters is 1. The molecule has 2 heterocycles. The van der Waals surface area contributed by atoms with Crippen LogP contribution in [0.1, 0.15) is 32.3 Å². The normalized spacial score (nSPS) is 26.5. The lowest BCUT2D eigenvalue weighted by molar-refractivity contribution is -0.385. The predicted molar refractivity (Wildman–Crippen MR) is 111 cm³/mol. The number of nitro benzene ring substituents is 1. The molecule has 0 bridgehead atoms. The van der Waals surface area contributed by atoms with E-state index in [4.69, 9.17) is 18.5 Å². The molecule has 1 unspecified atom stereocenters. The van der Waals surface area contributed by atoms with Gasteiger partial charge in [-0.3, -0.25) is 14.7 Å². The van der Waals surface area contributed by atoms with Crippen molar-refractivity contribution in [2.45, 2.75) is 32.8 Å². The Morgan fingerprint density at radius 1 is 1.26 bits per heavy atom. The molecule has 0 amide bonds. The SMILES string of the molecule is CCOC1COP(=O)(C2=C(C)NC(C)=C(C(=O)OC)C2c2ccccc2[N+](=O)[O-])OC1. The summed E-state index contributed by atoms with van der Waals surface area (Å²) in [7, 11) is -2.70. The molecule has 0 aliphatic carbocycles. The van der Waals surface area contributed by atoms with E-state index in [-0.39, 0.29) is 41.5 Å². The van der Waals surface area contributed by atoms with Crippen molar-refractivity contribution in [3.63, 3.8) is 0 Å². The predicted octanol–water partition coefficient (Wildman–Crippen LogP) is 3.61. The summed E-state index contributed by atoms with van der Waals surface area (Å²) in [6.45, 7) is 5.64. The number of nitrogens with zero attached hydrogens (tertiary/aromatic N) is 1. The number of hydrogen-bond acceptors (Lipinski definition) is 9. The summed E-state index contributed by atoms with van der Waals surface area (Å²) in [6.07, 6.45) is -0.383. The number of methoxy groups -OCH3 is 1. The van der Waals surface area contributed by atoms with Gasteiger partial charge in [0.25, 0.3) is 5.69 Å². The second-order valence-corrected chi connectivity index (χ2v) is 9.07. The molecule has 1 aromatic rings. The molecule has 10 nitrogen and oxygen atoms in total. The smallest absolute Gasteiger partial charge is 0.360 e. The molecule has 3 rings (SSSR count). The zero-order chi connectivity index (χ0) is 22.8. The van der Waals surface area contributed by atoms with Crippen molar-refractivity contribution in [1.82, 2.24) is 5.32 Å². The summed E-state index contributed by atoms with van der Waals surface area (Å²) in [5.41, 5.74) is 0.951. The summed E-state index contributed by atoms with van der Waals surface area (Å²) < 4.78 is 35.6. The molecule has 168 valence electrons. The average molecular weight is 452 g/mol. The molecule has 0 spiro atoms. The van der Waals surface area contributed by atoms with Crippen LogP contribution in [0, 0.1) is 10.1 Å². The lowest BCUT2D eigenvalue weighted by Gasteiger charge is -2.37. The second-order valence-electron chi connectivity index (χ2n) is 7.08. The van der Waals surface area contributed by atoms with Crippen molar-refractivity contribution in [3.8, 4) is 0 Å². The summed E-state index contributed by atoms with van der Waals surface area (Å²) in [5, 5.41) is 14.9. The third-order valence-corrected chi connectivity index (χ3v) is 7.29. The lowest BCUT2D eigenvalue weighted by atomic mass is 9.85. The minimum atomic E-state index is -3.92. The van der Waals surface area contributed by atoms with E-state index in [9.17, 15) is 19.5 Å². The third kappa shape index (κ3) is 4.43. The summed E-state index contributed by atoms with van der Waals surface area (Å²) >= 11 is 0. The quantitative estimate of drug-likeness (QED) is 0.298. The summed E-state index contributed by atoms with van der Waals surface area (Å²) in [6, 6.07) is 6.00. The Labute approximate surface area is 179 Å². The van der Waals surface area contributed by atoms with E-state index in [2.05, 4.69) is 5.32 Å². The minimum absolute atomic E-state index is 0.0295. The van der Waals surface area contributed by atoms with Gasteiger partial charge in [-0.05, 0) is 20.8 Å². The zero-order valence-corrected chi connectivity index (χ0v) is 18.6. The van der Waals surface area contributed by atoms with Crippen molar-refractivity contribution in [3.05, 3.63) is 62.2 Å². The molecule has 1 saturated heterocycles. The second kappa shape index (κ2) is 9.32. The van der Waals surface area contributed by atoms with Crippen LogP contribution >= 0.6 is 7.60 Å². The summed E-state index contributed by atoms with van der Waals surface area (Å²) in [5.74, 6) is -1.75. The van der Waals surface area contributed by atoms with Crippen molar-refractivity contribution >= 4 is 19.3 Å². The Morgan fingerprint density at radius 3 is 2.48 bits per heavy atom. The number of hydrogen-bond donors (Lipinski definition) is 1. The first-order chi connectivity index (χ1) is 14.7. The minimum Gasteiger partial charge on any atom is -0.466 e. The Morgan fingerprint density at radius 2 is 1.90 bits per heavy atom. The number of nitro groups is 1. The number of ether oxygens (including phenoxy) is 2. The van der Waals surface area contributed by atoms with E-state index in [0.29, 0.717) is 18.0 Å². The Bertz CT molecular complexity index is 991. The van der Waals surface area contributed by atoms with Gasteiger partial charge in [-0.2, -0.15) is 0 Å². The number of rotatable bonds is 6. The van der Waals surface area contributed by atoms with E-state index in [1.165, 1.54) is 25.3 Å². The average Bonchev–Trinajstić information content (AvgIpc) is 2.74. The molecule has 1 fully saturated rings. The van der Waals surface area contributed by atoms with Crippen LogP contribution in [-0.2, 0) is 27.9 Å². The first kappa shape index (κ1) is 23.1. The van der Waals surface area contributed by atoms with Gasteiger partial charge >= 0.3 is 13.6 Å². The maximum atomic E-state index is 13.8. The van der Waals surface area contributed by atoms with Gasteiger partial charge in [-0.1, -0.05) is 18.2 Å². The highest BCUT2D eigenvalue weighted by atomic mass is 31.2. The van der Waals surface area contributed by atoms with Crippen molar-refractivity contribution < 1.29 is 32.8 Å². The highest BCUT2D eigenvalue weighted by Crippen LogP contribution is 2.65. The standard InChI is InChI=1S/C20H25N2O8P/c1-5-28-14-10-29-31(26,30-11-14)19-13(3)21-12(2)17(20(23)27-4)18(19)15-8-6-7-9-16(15)22(24)25/h6-9,14,18,21H,5,10-11H2,1-4H3. The molecule has 1 N–H and O–H groups in total. The van der Waals surface area contributed by atoms with E-state index < -0.39 is 24.4 Å². The van der Waals surface area contributed by atoms with Crippen molar-refractivity contribution in [2.75, 3.05) is 26.9 Å². The van der Waals surface area contributed by atoms with E-state index in [1.54, 1.807) is 19.9 Å². The zero-order valence-electron chi connectivity index (χ0n) is 17.7.